The van der Waals surface area contributed by atoms with E-state index in [4.69, 9.17) is 4.74 Å². The molecule has 6 nitrogen and oxygen atoms in total. The van der Waals surface area contributed by atoms with Crippen molar-refractivity contribution in [3.8, 4) is 17.1 Å². The van der Waals surface area contributed by atoms with Crippen LogP contribution >= 0.6 is 11.3 Å². The number of thiazole rings is 1. The van der Waals surface area contributed by atoms with Crippen LogP contribution in [-0.4, -0.2) is 47.1 Å². The number of hydrogen-bond donors (Lipinski definition) is 1. The van der Waals surface area contributed by atoms with Gasteiger partial charge in [-0.1, -0.05) is 0 Å². The number of nitrogens with zero attached hydrogens (tertiary/aromatic N) is 4. The number of aromatic nitrogens is 3. The molecule has 140 valence electrons. The first-order chi connectivity index (χ1) is 13.2. The summed E-state index contributed by atoms with van der Waals surface area (Å²) in [5.41, 5.74) is 3.03. The molecule has 3 aromatic rings. The molecule has 3 aromatic heterocycles. The molecule has 1 fully saturated rings. The van der Waals surface area contributed by atoms with E-state index in [2.05, 4.69) is 44.3 Å². The van der Waals surface area contributed by atoms with Gasteiger partial charge in [-0.15, -0.1) is 11.3 Å². The topological polar surface area (TPSA) is 63.2 Å². The minimum Gasteiger partial charge on any atom is -0.495 e. The molecular weight excluding hydrogens is 358 g/mol. The lowest BCUT2D eigenvalue weighted by atomic mass is 9.90. The Morgan fingerprint density at radius 1 is 1.15 bits per heavy atom. The third-order valence-corrected chi connectivity index (χ3v) is 5.71. The second kappa shape index (κ2) is 8.02. The zero-order chi connectivity index (χ0) is 18.6. The predicted octanol–water partition coefficient (Wildman–Crippen LogP) is 4.16. The first kappa shape index (κ1) is 17.9. The average Bonchev–Trinajstić information content (AvgIpc) is 3.17. The number of hydrogen-bond acceptors (Lipinski definition) is 7. The minimum atomic E-state index is 0.611. The smallest absolute Gasteiger partial charge is 0.188 e. The van der Waals surface area contributed by atoms with Crippen LogP contribution in [0.4, 0.5) is 10.9 Å². The Morgan fingerprint density at radius 2 is 2.00 bits per heavy atom. The van der Waals surface area contributed by atoms with Crippen LogP contribution in [0.2, 0.25) is 0 Å². The normalized spacial score (nSPS) is 15.6. The average molecular weight is 382 g/mol. The molecule has 0 bridgehead atoms. The summed E-state index contributed by atoms with van der Waals surface area (Å²) in [4.78, 5) is 15.9. The molecular formula is C20H23N5OS. The van der Waals surface area contributed by atoms with E-state index in [1.54, 1.807) is 24.6 Å². The van der Waals surface area contributed by atoms with Gasteiger partial charge in [-0.3, -0.25) is 4.98 Å². The summed E-state index contributed by atoms with van der Waals surface area (Å²) in [6.45, 7) is 2.31. The van der Waals surface area contributed by atoms with E-state index in [1.807, 2.05) is 23.7 Å². The van der Waals surface area contributed by atoms with Crippen molar-refractivity contribution < 1.29 is 4.74 Å². The number of nitrogens with one attached hydrogen (secondary N) is 1. The molecule has 1 saturated heterocycles. The number of anilines is 2. The first-order valence-corrected chi connectivity index (χ1v) is 9.96. The number of likely N-dealkylation sites (tertiary alicyclic amines) is 1. The van der Waals surface area contributed by atoms with Crippen molar-refractivity contribution in [3.63, 3.8) is 0 Å². The Balaban J connectivity index is 1.46. The van der Waals surface area contributed by atoms with Gasteiger partial charge < -0.3 is 15.0 Å². The van der Waals surface area contributed by atoms with Crippen LogP contribution in [0.25, 0.3) is 11.4 Å². The van der Waals surface area contributed by atoms with Gasteiger partial charge in [0.1, 0.15) is 17.3 Å². The van der Waals surface area contributed by atoms with Crippen LogP contribution in [0.3, 0.4) is 0 Å². The fraction of sp³-hybridized carbons (Fsp3) is 0.350. The maximum atomic E-state index is 5.15. The summed E-state index contributed by atoms with van der Waals surface area (Å²) in [7, 11) is 3.82. The molecule has 1 aliphatic rings. The number of piperidine rings is 1. The van der Waals surface area contributed by atoms with Crippen LogP contribution in [0.15, 0.2) is 42.0 Å². The monoisotopic (exact) mass is 381 g/mol. The van der Waals surface area contributed by atoms with Crippen LogP contribution < -0.4 is 10.1 Å². The van der Waals surface area contributed by atoms with Crippen molar-refractivity contribution in [2.45, 2.75) is 18.8 Å². The molecule has 0 atom stereocenters. The summed E-state index contributed by atoms with van der Waals surface area (Å²) in [6, 6.07) is 8.09. The van der Waals surface area contributed by atoms with Crippen molar-refractivity contribution in [3.05, 3.63) is 47.6 Å². The highest BCUT2D eigenvalue weighted by Gasteiger charge is 2.18. The molecule has 0 spiro atoms. The van der Waals surface area contributed by atoms with Crippen molar-refractivity contribution in [2.24, 2.45) is 0 Å². The van der Waals surface area contributed by atoms with Gasteiger partial charge in [-0.05, 0) is 68.7 Å². The van der Waals surface area contributed by atoms with Crippen LogP contribution in [0.1, 0.15) is 24.3 Å². The summed E-state index contributed by atoms with van der Waals surface area (Å²) in [5, 5.41) is 6.15. The van der Waals surface area contributed by atoms with Gasteiger partial charge >= 0.3 is 0 Å². The lowest BCUT2D eigenvalue weighted by Crippen LogP contribution is -2.29. The summed E-state index contributed by atoms with van der Waals surface area (Å²) >= 11 is 1.55. The Labute approximate surface area is 163 Å². The Hall–Kier alpha value is -2.51. The molecule has 0 unspecified atom stereocenters. The Kier molecular flexibility index (Phi) is 5.31. The number of ether oxygens (including phenoxy) is 1. The highest BCUT2D eigenvalue weighted by atomic mass is 32.1. The molecule has 0 aromatic carbocycles. The van der Waals surface area contributed by atoms with Gasteiger partial charge in [-0.25, -0.2) is 9.97 Å². The lowest BCUT2D eigenvalue weighted by Gasteiger charge is -2.29. The number of methoxy groups -OCH3 is 1. The first-order valence-electron chi connectivity index (χ1n) is 9.09. The molecule has 1 aliphatic heterocycles. The molecule has 1 N–H and O–H groups in total. The van der Waals surface area contributed by atoms with E-state index >= 15 is 0 Å². The predicted molar refractivity (Wildman–Crippen MR) is 109 cm³/mol. The fourth-order valence-corrected chi connectivity index (χ4v) is 4.03. The minimum absolute atomic E-state index is 0.611. The molecule has 0 amide bonds. The molecule has 0 saturated carbocycles. The van der Waals surface area contributed by atoms with Gasteiger partial charge in [0.15, 0.2) is 5.13 Å². The summed E-state index contributed by atoms with van der Waals surface area (Å²) in [6.07, 6.45) is 5.99. The third-order valence-electron chi connectivity index (χ3n) is 4.95. The number of rotatable bonds is 5. The maximum Gasteiger partial charge on any atom is 0.188 e. The van der Waals surface area contributed by atoms with Crippen LogP contribution in [0.5, 0.6) is 5.75 Å². The number of pyridine rings is 2. The standard InChI is InChI=1S/C20H23N5OS/c1-25-9-6-14(7-10-25)15-5-8-21-19(11-15)24-20-23-18(13-27-20)17-4-3-16(26-2)12-22-17/h3-5,8,11-14H,6-7,9-10H2,1-2H3,(H,21,23,24). The third kappa shape index (κ3) is 4.26. The molecule has 27 heavy (non-hydrogen) atoms. The van der Waals surface area contributed by atoms with E-state index in [-0.39, 0.29) is 0 Å². The van der Waals surface area contributed by atoms with Gasteiger partial charge in [0.05, 0.1) is 19.0 Å². The highest BCUT2D eigenvalue weighted by Crippen LogP contribution is 2.30. The quantitative estimate of drug-likeness (QED) is 0.716. The van der Waals surface area contributed by atoms with Gasteiger partial charge in [0.2, 0.25) is 0 Å². The van der Waals surface area contributed by atoms with E-state index < -0.39 is 0 Å². The second-order valence-corrected chi connectivity index (χ2v) is 7.66. The molecule has 0 radical (unpaired) electrons. The largest absolute Gasteiger partial charge is 0.495 e. The fourth-order valence-electron chi connectivity index (χ4n) is 3.32. The van der Waals surface area contributed by atoms with Gasteiger partial charge in [-0.2, -0.15) is 0 Å². The van der Waals surface area contributed by atoms with E-state index in [0.29, 0.717) is 5.92 Å². The van der Waals surface area contributed by atoms with Crippen molar-refractivity contribution in [2.75, 3.05) is 32.6 Å². The lowest BCUT2D eigenvalue weighted by molar-refractivity contribution is 0.255. The van der Waals surface area contributed by atoms with E-state index in [9.17, 15) is 0 Å². The molecule has 4 heterocycles. The van der Waals surface area contributed by atoms with Crippen molar-refractivity contribution >= 4 is 22.3 Å². The zero-order valence-corrected chi connectivity index (χ0v) is 16.4. The maximum absolute atomic E-state index is 5.15. The summed E-state index contributed by atoms with van der Waals surface area (Å²) in [5.74, 6) is 2.19. The van der Waals surface area contributed by atoms with E-state index in [0.717, 1.165) is 41.2 Å². The zero-order valence-electron chi connectivity index (χ0n) is 15.6. The molecule has 0 aliphatic carbocycles. The van der Waals surface area contributed by atoms with Crippen molar-refractivity contribution in [1.29, 1.82) is 0 Å². The highest BCUT2D eigenvalue weighted by molar-refractivity contribution is 7.14. The van der Waals surface area contributed by atoms with Crippen LogP contribution in [0, 0.1) is 0 Å². The summed E-state index contributed by atoms with van der Waals surface area (Å²) < 4.78 is 5.15. The Bertz CT molecular complexity index is 887. The van der Waals surface area contributed by atoms with Gasteiger partial charge in [0.25, 0.3) is 0 Å². The van der Waals surface area contributed by atoms with Gasteiger partial charge in [0, 0.05) is 11.6 Å². The Morgan fingerprint density at radius 3 is 2.74 bits per heavy atom. The second-order valence-electron chi connectivity index (χ2n) is 6.80. The molecule has 4 rings (SSSR count). The SMILES string of the molecule is COc1ccc(-c2csc(Nc3cc(C4CCN(C)CC4)ccn3)n2)nc1. The molecule has 7 heteroatoms. The van der Waals surface area contributed by atoms with Crippen LogP contribution in [-0.2, 0) is 0 Å². The van der Waals surface area contributed by atoms with Crippen molar-refractivity contribution in [1.82, 2.24) is 19.9 Å². The van der Waals surface area contributed by atoms with E-state index in [1.165, 1.54) is 18.4 Å².